The molecule has 0 saturated carbocycles. The molecule has 2 rings (SSSR count). The van der Waals surface area contributed by atoms with E-state index >= 15 is 0 Å². The van der Waals surface area contributed by atoms with Gasteiger partial charge in [0.25, 0.3) is 0 Å². The lowest BCUT2D eigenvalue weighted by Gasteiger charge is -2.10. The first-order valence-corrected chi connectivity index (χ1v) is 7.12. The number of rotatable bonds is 4. The molecule has 0 unspecified atom stereocenters. The van der Waals surface area contributed by atoms with Crippen LogP contribution in [0.5, 0.6) is 5.75 Å². The molecule has 3 nitrogen and oxygen atoms in total. The average Bonchev–Trinajstić information content (AvgIpc) is 2.39. The van der Waals surface area contributed by atoms with Gasteiger partial charge in [-0.15, -0.1) is 0 Å². The maximum absolute atomic E-state index is 10.9. The lowest BCUT2D eigenvalue weighted by Crippen LogP contribution is -2.00. The molecule has 0 atom stereocenters. The van der Waals surface area contributed by atoms with E-state index in [1.807, 2.05) is 0 Å². The van der Waals surface area contributed by atoms with Crippen LogP contribution in [-0.2, 0) is 6.61 Å². The van der Waals surface area contributed by atoms with Crippen LogP contribution in [0.15, 0.2) is 40.9 Å². The van der Waals surface area contributed by atoms with Gasteiger partial charge < -0.3 is 9.84 Å². The molecule has 0 amide bonds. The summed E-state index contributed by atoms with van der Waals surface area (Å²) >= 11 is 15.2. The van der Waals surface area contributed by atoms with Crippen molar-refractivity contribution >= 4 is 45.1 Å². The number of benzene rings is 2. The lowest BCUT2D eigenvalue weighted by atomic mass is 10.2. The first-order valence-electron chi connectivity index (χ1n) is 5.57. The van der Waals surface area contributed by atoms with Crippen LogP contribution >= 0.6 is 39.1 Å². The van der Waals surface area contributed by atoms with Gasteiger partial charge in [-0.1, -0.05) is 29.3 Å². The van der Waals surface area contributed by atoms with Gasteiger partial charge >= 0.3 is 5.97 Å². The Labute approximate surface area is 134 Å². The summed E-state index contributed by atoms with van der Waals surface area (Å²) in [5.74, 6) is -0.567. The molecule has 0 heterocycles. The van der Waals surface area contributed by atoms with Crippen LogP contribution < -0.4 is 4.74 Å². The molecule has 104 valence electrons. The third-order valence-electron chi connectivity index (χ3n) is 2.58. The maximum Gasteiger partial charge on any atom is 0.335 e. The quantitative estimate of drug-likeness (QED) is 0.814. The highest BCUT2D eigenvalue weighted by molar-refractivity contribution is 9.10. The molecule has 0 saturated heterocycles. The van der Waals surface area contributed by atoms with E-state index in [1.165, 1.54) is 12.1 Å². The topological polar surface area (TPSA) is 46.5 Å². The minimum absolute atomic E-state index is 0.158. The van der Waals surface area contributed by atoms with Crippen molar-refractivity contribution in [2.75, 3.05) is 0 Å². The third kappa shape index (κ3) is 3.66. The summed E-state index contributed by atoms with van der Waals surface area (Å²) < 4.78 is 6.27. The fraction of sp³-hybridized carbons (Fsp3) is 0.0714. The number of carboxylic acid groups (broad SMARTS) is 1. The minimum Gasteiger partial charge on any atom is -0.488 e. The van der Waals surface area contributed by atoms with Crippen molar-refractivity contribution < 1.29 is 14.6 Å². The Morgan fingerprint density at radius 2 is 1.95 bits per heavy atom. The van der Waals surface area contributed by atoms with Crippen LogP contribution in [0.25, 0.3) is 0 Å². The molecule has 2 aromatic rings. The largest absolute Gasteiger partial charge is 0.488 e. The summed E-state index contributed by atoms with van der Waals surface area (Å²) in [6.07, 6.45) is 0. The Balaban J connectivity index is 2.18. The highest BCUT2D eigenvalue weighted by Gasteiger charge is 2.09. The Kier molecular flexibility index (Phi) is 4.91. The van der Waals surface area contributed by atoms with Crippen LogP contribution in [0.1, 0.15) is 15.9 Å². The van der Waals surface area contributed by atoms with Gasteiger partial charge in [-0.25, -0.2) is 4.79 Å². The SMILES string of the molecule is O=C(O)c1ccc(Br)c(OCc2ccc(Cl)cc2Cl)c1. The van der Waals surface area contributed by atoms with Gasteiger partial charge in [0.1, 0.15) is 12.4 Å². The van der Waals surface area contributed by atoms with Crippen LogP contribution in [0, 0.1) is 0 Å². The molecule has 20 heavy (non-hydrogen) atoms. The summed E-state index contributed by atoms with van der Waals surface area (Å²) in [6.45, 7) is 0.220. The second kappa shape index (κ2) is 6.48. The van der Waals surface area contributed by atoms with E-state index in [0.717, 1.165) is 5.56 Å². The van der Waals surface area contributed by atoms with Crippen molar-refractivity contribution in [1.29, 1.82) is 0 Å². The van der Waals surface area contributed by atoms with Gasteiger partial charge in [-0.05, 0) is 46.3 Å². The zero-order valence-electron chi connectivity index (χ0n) is 10.1. The molecule has 0 bridgehead atoms. The van der Waals surface area contributed by atoms with Crippen molar-refractivity contribution in [2.24, 2.45) is 0 Å². The first-order chi connectivity index (χ1) is 9.47. The number of hydrogen-bond donors (Lipinski definition) is 1. The van der Waals surface area contributed by atoms with Crippen molar-refractivity contribution in [3.8, 4) is 5.75 Å². The molecular weight excluding hydrogens is 367 g/mol. The summed E-state index contributed by atoms with van der Waals surface area (Å²) in [5, 5.41) is 10.0. The average molecular weight is 376 g/mol. The van der Waals surface area contributed by atoms with E-state index < -0.39 is 5.97 Å². The zero-order chi connectivity index (χ0) is 14.7. The van der Waals surface area contributed by atoms with Crippen LogP contribution in [0.3, 0.4) is 0 Å². The van der Waals surface area contributed by atoms with Gasteiger partial charge in [-0.2, -0.15) is 0 Å². The molecular formula is C14H9BrCl2O3. The lowest BCUT2D eigenvalue weighted by molar-refractivity contribution is 0.0696. The number of carboxylic acids is 1. The molecule has 2 aromatic carbocycles. The number of ether oxygens (including phenoxy) is 1. The maximum atomic E-state index is 10.9. The molecule has 0 aromatic heterocycles. The Bertz CT molecular complexity index is 659. The molecule has 0 aliphatic rings. The molecule has 0 fully saturated rings. The van der Waals surface area contributed by atoms with Crippen LogP contribution in [0.2, 0.25) is 10.0 Å². The number of carbonyl (C=O) groups is 1. The predicted octanol–water partition coefficient (Wildman–Crippen LogP) is 5.03. The molecule has 0 aliphatic carbocycles. The Hall–Kier alpha value is -1.23. The minimum atomic E-state index is -1.01. The highest BCUT2D eigenvalue weighted by Crippen LogP contribution is 2.28. The summed E-state index contributed by atoms with van der Waals surface area (Å²) in [7, 11) is 0. The second-order valence-corrected chi connectivity index (χ2v) is 5.67. The number of hydrogen-bond acceptors (Lipinski definition) is 2. The van der Waals surface area contributed by atoms with E-state index in [2.05, 4.69) is 15.9 Å². The second-order valence-electron chi connectivity index (χ2n) is 3.97. The van der Waals surface area contributed by atoms with Crippen molar-refractivity contribution in [1.82, 2.24) is 0 Å². The van der Waals surface area contributed by atoms with Crippen molar-refractivity contribution in [3.63, 3.8) is 0 Å². The van der Waals surface area contributed by atoms with Gasteiger partial charge in [0.2, 0.25) is 0 Å². The van der Waals surface area contributed by atoms with Crippen molar-refractivity contribution in [3.05, 3.63) is 62.0 Å². The Morgan fingerprint density at radius 3 is 2.60 bits per heavy atom. The summed E-state index contributed by atoms with van der Waals surface area (Å²) in [4.78, 5) is 10.9. The van der Waals surface area contributed by atoms with E-state index in [0.29, 0.717) is 20.3 Å². The van der Waals surface area contributed by atoms with Crippen LogP contribution in [0.4, 0.5) is 0 Å². The smallest absolute Gasteiger partial charge is 0.335 e. The highest BCUT2D eigenvalue weighted by atomic mass is 79.9. The summed E-state index contributed by atoms with van der Waals surface area (Å²) in [5.41, 5.74) is 0.925. The van der Waals surface area contributed by atoms with E-state index in [-0.39, 0.29) is 12.2 Å². The monoisotopic (exact) mass is 374 g/mol. The fourth-order valence-corrected chi connectivity index (χ4v) is 2.37. The Morgan fingerprint density at radius 1 is 1.20 bits per heavy atom. The molecule has 0 aliphatic heterocycles. The van der Waals surface area contributed by atoms with Gasteiger partial charge in [0.05, 0.1) is 10.0 Å². The van der Waals surface area contributed by atoms with E-state index in [1.54, 1.807) is 24.3 Å². The third-order valence-corrected chi connectivity index (χ3v) is 3.82. The van der Waals surface area contributed by atoms with Gasteiger partial charge in [-0.3, -0.25) is 0 Å². The van der Waals surface area contributed by atoms with E-state index in [4.69, 9.17) is 33.0 Å². The van der Waals surface area contributed by atoms with Gasteiger partial charge in [0.15, 0.2) is 0 Å². The fourth-order valence-electron chi connectivity index (χ4n) is 1.54. The van der Waals surface area contributed by atoms with Crippen molar-refractivity contribution in [2.45, 2.75) is 6.61 Å². The molecule has 0 radical (unpaired) electrons. The first kappa shape index (κ1) is 15.2. The van der Waals surface area contributed by atoms with Gasteiger partial charge in [0, 0.05) is 15.6 Å². The standard InChI is InChI=1S/C14H9BrCl2O3/c15-11-4-2-8(14(18)19)5-13(11)20-7-9-1-3-10(16)6-12(9)17/h1-6H,7H2,(H,18,19). The van der Waals surface area contributed by atoms with E-state index in [9.17, 15) is 4.79 Å². The summed E-state index contributed by atoms with van der Waals surface area (Å²) in [6, 6.07) is 9.69. The number of aromatic carboxylic acids is 1. The molecule has 1 N–H and O–H groups in total. The molecule has 0 spiro atoms. The predicted molar refractivity (Wildman–Crippen MR) is 81.9 cm³/mol. The zero-order valence-corrected chi connectivity index (χ0v) is 13.2. The normalized spacial score (nSPS) is 10.3. The molecule has 6 heteroatoms. The number of halogens is 3. The van der Waals surface area contributed by atoms with Crippen LogP contribution in [-0.4, -0.2) is 11.1 Å².